The standard InChI is InChI=1S/C20H21N3OS/c1-2-11-21-20(24)23-14-15-7-3-4-8-16(15)22-12-5-9-17(22)19(23)18-10-6-13-25-18/h3-10,12-13,19H,2,11,14H2,1H3,(H,21,24). The number of carbonyl (C=O) groups excluding carboxylic acids is 1. The van der Waals surface area contributed by atoms with Crippen LogP contribution >= 0.6 is 11.3 Å². The predicted molar refractivity (Wildman–Crippen MR) is 101 cm³/mol. The largest absolute Gasteiger partial charge is 0.338 e. The van der Waals surface area contributed by atoms with Gasteiger partial charge in [-0.3, -0.25) is 0 Å². The minimum Gasteiger partial charge on any atom is -0.338 e. The highest BCUT2D eigenvalue weighted by atomic mass is 32.1. The highest BCUT2D eigenvalue weighted by Crippen LogP contribution is 2.38. The minimum atomic E-state index is -0.0840. The zero-order valence-electron chi connectivity index (χ0n) is 14.2. The maximum absolute atomic E-state index is 13.0. The molecule has 4 rings (SSSR count). The topological polar surface area (TPSA) is 37.3 Å². The molecule has 1 atom stereocenters. The molecule has 3 heterocycles. The van der Waals surface area contributed by atoms with Gasteiger partial charge in [-0.15, -0.1) is 11.3 Å². The van der Waals surface area contributed by atoms with Crippen LogP contribution in [0.2, 0.25) is 0 Å². The van der Waals surface area contributed by atoms with Gasteiger partial charge in [0.2, 0.25) is 0 Å². The number of aromatic nitrogens is 1. The van der Waals surface area contributed by atoms with E-state index in [2.05, 4.69) is 64.8 Å². The van der Waals surface area contributed by atoms with Gasteiger partial charge in [0.15, 0.2) is 0 Å². The van der Waals surface area contributed by atoms with Gasteiger partial charge < -0.3 is 14.8 Å². The van der Waals surface area contributed by atoms with Crippen molar-refractivity contribution in [2.75, 3.05) is 6.54 Å². The maximum atomic E-state index is 13.0. The molecule has 2 amide bonds. The fourth-order valence-electron chi connectivity index (χ4n) is 3.42. The number of hydrogen-bond acceptors (Lipinski definition) is 2. The Balaban J connectivity index is 1.86. The number of para-hydroxylation sites is 1. The molecule has 1 N–H and O–H groups in total. The van der Waals surface area contributed by atoms with E-state index >= 15 is 0 Å². The summed E-state index contributed by atoms with van der Waals surface area (Å²) < 4.78 is 2.22. The van der Waals surface area contributed by atoms with E-state index in [-0.39, 0.29) is 12.1 Å². The summed E-state index contributed by atoms with van der Waals surface area (Å²) in [6.45, 7) is 3.35. The summed E-state index contributed by atoms with van der Waals surface area (Å²) >= 11 is 1.69. The molecule has 3 aromatic rings. The molecule has 1 aliphatic rings. The number of thiophene rings is 1. The van der Waals surface area contributed by atoms with Crippen molar-refractivity contribution in [1.29, 1.82) is 0 Å². The molecule has 1 aromatic carbocycles. The summed E-state index contributed by atoms with van der Waals surface area (Å²) in [7, 11) is 0. The molecular formula is C20H21N3OS. The zero-order valence-corrected chi connectivity index (χ0v) is 15.0. The quantitative estimate of drug-likeness (QED) is 0.738. The molecule has 0 fully saturated rings. The van der Waals surface area contributed by atoms with Gasteiger partial charge in [0.25, 0.3) is 0 Å². The number of fused-ring (bicyclic) bond motifs is 3. The van der Waals surface area contributed by atoms with Gasteiger partial charge >= 0.3 is 6.03 Å². The van der Waals surface area contributed by atoms with Crippen molar-refractivity contribution < 1.29 is 4.79 Å². The van der Waals surface area contributed by atoms with Gasteiger partial charge in [-0.1, -0.05) is 31.2 Å². The smallest absolute Gasteiger partial charge is 0.318 e. The molecule has 0 aliphatic carbocycles. The van der Waals surface area contributed by atoms with Crippen LogP contribution in [0.5, 0.6) is 0 Å². The van der Waals surface area contributed by atoms with E-state index in [1.807, 2.05) is 17.0 Å². The van der Waals surface area contributed by atoms with Gasteiger partial charge in [-0.25, -0.2) is 4.79 Å². The number of nitrogens with zero attached hydrogens (tertiary/aromatic N) is 2. The first-order chi connectivity index (χ1) is 12.3. The van der Waals surface area contributed by atoms with Crippen molar-refractivity contribution in [2.24, 2.45) is 0 Å². The molecule has 0 saturated heterocycles. The highest BCUT2D eigenvalue weighted by Gasteiger charge is 2.33. The first-order valence-corrected chi connectivity index (χ1v) is 9.51. The van der Waals surface area contributed by atoms with E-state index in [0.717, 1.165) is 23.4 Å². The molecule has 0 saturated carbocycles. The van der Waals surface area contributed by atoms with Crippen LogP contribution in [0.1, 0.15) is 35.5 Å². The summed E-state index contributed by atoms with van der Waals surface area (Å²) in [5.41, 5.74) is 3.43. The molecule has 0 spiro atoms. The third-order valence-corrected chi connectivity index (χ3v) is 5.49. The van der Waals surface area contributed by atoms with Gasteiger partial charge in [0.05, 0.1) is 17.9 Å². The summed E-state index contributed by atoms with van der Waals surface area (Å²) in [4.78, 5) is 16.1. The Morgan fingerprint density at radius 2 is 2.08 bits per heavy atom. The third-order valence-electron chi connectivity index (χ3n) is 4.56. The van der Waals surface area contributed by atoms with Crippen LogP contribution < -0.4 is 5.32 Å². The Kier molecular flexibility index (Phi) is 4.32. The van der Waals surface area contributed by atoms with Crippen LogP contribution in [-0.4, -0.2) is 22.0 Å². The lowest BCUT2D eigenvalue weighted by molar-refractivity contribution is 0.181. The number of hydrogen-bond donors (Lipinski definition) is 1. The van der Waals surface area contributed by atoms with Crippen LogP contribution in [0, 0.1) is 0 Å². The predicted octanol–water partition coefficient (Wildman–Crippen LogP) is 4.56. The van der Waals surface area contributed by atoms with E-state index in [0.29, 0.717) is 13.1 Å². The highest BCUT2D eigenvalue weighted by molar-refractivity contribution is 7.10. The van der Waals surface area contributed by atoms with Gasteiger partial charge in [-0.05, 0) is 41.6 Å². The lowest BCUT2D eigenvalue weighted by Gasteiger charge is -2.30. The van der Waals surface area contributed by atoms with Gasteiger partial charge in [0, 0.05) is 17.6 Å². The van der Waals surface area contributed by atoms with E-state index in [1.54, 1.807) is 11.3 Å². The fourth-order valence-corrected chi connectivity index (χ4v) is 4.27. The molecule has 1 unspecified atom stereocenters. The van der Waals surface area contributed by atoms with E-state index in [9.17, 15) is 4.79 Å². The summed E-state index contributed by atoms with van der Waals surface area (Å²) in [5.74, 6) is 0. The van der Waals surface area contributed by atoms with Crippen LogP contribution in [0.3, 0.4) is 0 Å². The Hall–Kier alpha value is -2.53. The molecule has 5 heteroatoms. The SMILES string of the molecule is CCCNC(=O)N1Cc2ccccc2-n2cccc2C1c1cccs1. The molecule has 1 aliphatic heterocycles. The van der Waals surface area contributed by atoms with Crippen LogP contribution in [-0.2, 0) is 6.54 Å². The number of benzene rings is 1. The number of rotatable bonds is 3. The van der Waals surface area contributed by atoms with Crippen molar-refractivity contribution in [1.82, 2.24) is 14.8 Å². The lowest BCUT2D eigenvalue weighted by atomic mass is 10.1. The summed E-state index contributed by atoms with van der Waals surface area (Å²) in [6.07, 6.45) is 3.01. The monoisotopic (exact) mass is 351 g/mol. The van der Waals surface area contributed by atoms with Crippen LogP contribution in [0.15, 0.2) is 60.1 Å². The molecular weight excluding hydrogens is 330 g/mol. The normalized spacial score (nSPS) is 16.0. The zero-order chi connectivity index (χ0) is 17.2. The minimum absolute atomic E-state index is 0.00953. The van der Waals surface area contributed by atoms with Crippen molar-refractivity contribution in [3.63, 3.8) is 0 Å². The molecule has 128 valence electrons. The van der Waals surface area contributed by atoms with Crippen molar-refractivity contribution in [2.45, 2.75) is 25.9 Å². The first-order valence-electron chi connectivity index (χ1n) is 8.63. The fraction of sp³-hybridized carbons (Fsp3) is 0.250. The average Bonchev–Trinajstić information content (AvgIpc) is 3.30. The Bertz CT molecular complexity index is 869. The molecule has 0 radical (unpaired) electrons. The number of carbonyl (C=O) groups is 1. The van der Waals surface area contributed by atoms with Crippen molar-refractivity contribution >= 4 is 17.4 Å². The molecule has 25 heavy (non-hydrogen) atoms. The summed E-state index contributed by atoms with van der Waals surface area (Å²) in [5, 5.41) is 5.13. The van der Waals surface area contributed by atoms with E-state index in [4.69, 9.17) is 0 Å². The second-order valence-electron chi connectivity index (χ2n) is 6.21. The van der Waals surface area contributed by atoms with E-state index < -0.39 is 0 Å². The second-order valence-corrected chi connectivity index (χ2v) is 7.19. The number of nitrogens with one attached hydrogen (secondary N) is 1. The van der Waals surface area contributed by atoms with Crippen LogP contribution in [0.4, 0.5) is 4.79 Å². The Morgan fingerprint density at radius 1 is 1.20 bits per heavy atom. The Labute approximate surface area is 151 Å². The lowest BCUT2D eigenvalue weighted by Crippen LogP contribution is -2.42. The average molecular weight is 351 g/mol. The molecule has 0 bridgehead atoms. The maximum Gasteiger partial charge on any atom is 0.318 e. The van der Waals surface area contributed by atoms with E-state index in [1.165, 1.54) is 4.88 Å². The van der Waals surface area contributed by atoms with Crippen molar-refractivity contribution in [3.05, 3.63) is 76.2 Å². The van der Waals surface area contributed by atoms with Crippen LogP contribution in [0.25, 0.3) is 5.69 Å². The van der Waals surface area contributed by atoms with Gasteiger partial charge in [0.1, 0.15) is 6.04 Å². The number of urea groups is 1. The third kappa shape index (κ3) is 2.85. The molecule has 4 nitrogen and oxygen atoms in total. The first kappa shape index (κ1) is 16.0. The second kappa shape index (κ2) is 6.76. The van der Waals surface area contributed by atoms with Crippen molar-refractivity contribution in [3.8, 4) is 5.69 Å². The van der Waals surface area contributed by atoms with Gasteiger partial charge in [-0.2, -0.15) is 0 Å². The summed E-state index contributed by atoms with van der Waals surface area (Å²) in [6, 6.07) is 16.6. The molecule has 2 aromatic heterocycles. The number of amides is 2. The Morgan fingerprint density at radius 3 is 2.88 bits per heavy atom.